The van der Waals surface area contributed by atoms with Crippen molar-refractivity contribution < 1.29 is 24.5 Å². The quantitative estimate of drug-likeness (QED) is 0.0323. The van der Waals surface area contributed by atoms with Crippen LogP contribution >= 0.6 is 0 Å². The van der Waals surface area contributed by atoms with Gasteiger partial charge in [-0.1, -0.05) is 222 Å². The van der Waals surface area contributed by atoms with Gasteiger partial charge in [0.05, 0.1) is 25.2 Å². The maximum atomic E-state index is 13.2. The molecule has 346 valence electrons. The number of hydrogen-bond acceptors (Lipinski definition) is 5. The van der Waals surface area contributed by atoms with Gasteiger partial charge in [0.15, 0.2) is 0 Å². The number of aliphatic hydroxyl groups excluding tert-OH is 2. The highest BCUT2D eigenvalue weighted by Crippen LogP contribution is 2.17. The molecule has 3 unspecified atom stereocenters. The van der Waals surface area contributed by atoms with Crippen molar-refractivity contribution in [2.45, 2.75) is 251 Å². The normalized spacial score (nSPS) is 13.9. The summed E-state index contributed by atoms with van der Waals surface area (Å²) in [6.45, 7) is 6.31. The number of hydrogen-bond donors (Lipinski definition) is 3. The van der Waals surface area contributed by atoms with Gasteiger partial charge in [-0.2, -0.15) is 0 Å². The summed E-state index contributed by atoms with van der Waals surface area (Å²) in [5, 5.41) is 23.7. The largest absolute Gasteiger partial charge is 0.462 e. The molecule has 0 aliphatic carbocycles. The number of rotatable bonds is 44. The third kappa shape index (κ3) is 42.0. The van der Waals surface area contributed by atoms with E-state index < -0.39 is 18.2 Å². The van der Waals surface area contributed by atoms with E-state index in [1.54, 1.807) is 0 Å². The van der Waals surface area contributed by atoms with Gasteiger partial charge < -0.3 is 20.3 Å². The van der Waals surface area contributed by atoms with E-state index in [1.165, 1.54) is 89.9 Å². The lowest BCUT2D eigenvalue weighted by Crippen LogP contribution is -2.46. The molecule has 0 saturated carbocycles. The fraction of sp³-hybridized carbons (Fsp3) is 0.741. The molecule has 3 atom stereocenters. The SMILES string of the molecule is CC/C=C/C=C/C=C/C=C\CCCCCCCC(=O)OC(CCCCC/C=C/C=C/CCCCCCCCC)CC(=O)NC(CO)C(O)CCCCCCCCCCCC. The van der Waals surface area contributed by atoms with Gasteiger partial charge in [0.2, 0.25) is 5.91 Å². The van der Waals surface area contributed by atoms with E-state index in [2.05, 4.69) is 80.8 Å². The Bertz CT molecular complexity index is 1120. The van der Waals surface area contributed by atoms with Gasteiger partial charge in [0, 0.05) is 6.42 Å². The first-order chi connectivity index (χ1) is 29.5. The lowest BCUT2D eigenvalue weighted by atomic mass is 10.0. The maximum absolute atomic E-state index is 13.2. The van der Waals surface area contributed by atoms with E-state index in [9.17, 15) is 19.8 Å². The van der Waals surface area contributed by atoms with Crippen LogP contribution in [0, 0.1) is 0 Å². The van der Waals surface area contributed by atoms with Gasteiger partial charge in [-0.15, -0.1) is 0 Å². The van der Waals surface area contributed by atoms with E-state index >= 15 is 0 Å². The molecule has 1 amide bonds. The molecule has 0 aromatic heterocycles. The second-order valence-corrected chi connectivity index (χ2v) is 17.0. The predicted octanol–water partition coefficient (Wildman–Crippen LogP) is 15.0. The van der Waals surface area contributed by atoms with Crippen molar-refractivity contribution in [3.8, 4) is 0 Å². The highest BCUT2D eigenvalue weighted by molar-refractivity contribution is 5.77. The average Bonchev–Trinajstić information content (AvgIpc) is 3.24. The number of nitrogens with one attached hydrogen (secondary N) is 1. The van der Waals surface area contributed by atoms with Crippen molar-refractivity contribution in [1.82, 2.24) is 5.32 Å². The Hall–Kier alpha value is -2.70. The summed E-state index contributed by atoms with van der Waals surface area (Å²) in [5.74, 6) is -0.530. The Morgan fingerprint density at radius 2 is 0.900 bits per heavy atom. The minimum absolute atomic E-state index is 0.0472. The van der Waals surface area contributed by atoms with Crippen LogP contribution in [0.15, 0.2) is 72.9 Å². The summed E-state index contributed by atoms with van der Waals surface area (Å²) < 4.78 is 5.91. The zero-order valence-corrected chi connectivity index (χ0v) is 39.3. The van der Waals surface area contributed by atoms with Crippen LogP contribution in [-0.4, -0.2) is 46.9 Å². The molecule has 0 heterocycles. The highest BCUT2D eigenvalue weighted by Gasteiger charge is 2.24. The van der Waals surface area contributed by atoms with Gasteiger partial charge in [0.25, 0.3) is 0 Å². The van der Waals surface area contributed by atoms with E-state index in [0.29, 0.717) is 19.3 Å². The number of amides is 1. The topological polar surface area (TPSA) is 95.9 Å². The maximum Gasteiger partial charge on any atom is 0.306 e. The van der Waals surface area contributed by atoms with E-state index in [-0.39, 0.29) is 24.9 Å². The second-order valence-electron chi connectivity index (χ2n) is 17.0. The minimum Gasteiger partial charge on any atom is -0.462 e. The summed E-state index contributed by atoms with van der Waals surface area (Å²) in [6.07, 6.45) is 59.6. The first-order valence-corrected chi connectivity index (χ1v) is 25.2. The number of allylic oxidation sites excluding steroid dienone is 12. The third-order valence-electron chi connectivity index (χ3n) is 11.1. The molecule has 6 nitrogen and oxygen atoms in total. The molecule has 0 aromatic carbocycles. The summed E-state index contributed by atoms with van der Waals surface area (Å²) in [7, 11) is 0. The molecule has 3 N–H and O–H groups in total. The lowest BCUT2D eigenvalue weighted by molar-refractivity contribution is -0.151. The zero-order valence-electron chi connectivity index (χ0n) is 39.3. The molecule has 0 aromatic rings. The predicted molar refractivity (Wildman–Crippen MR) is 259 cm³/mol. The molecule has 0 rings (SSSR count). The van der Waals surface area contributed by atoms with Crippen molar-refractivity contribution in [1.29, 1.82) is 0 Å². The van der Waals surface area contributed by atoms with E-state index in [0.717, 1.165) is 96.3 Å². The van der Waals surface area contributed by atoms with Crippen molar-refractivity contribution >= 4 is 11.9 Å². The molecule has 0 fully saturated rings. The lowest BCUT2D eigenvalue weighted by Gasteiger charge is -2.24. The standard InChI is InChI=1S/C54H95NO5/c1-4-7-10-13-16-19-22-24-26-28-29-31-33-36-39-42-45-50(60-54(59)47-44-41-38-35-32-30-27-25-23-20-17-14-11-8-5-2)48-53(58)55-51(49-56)52(57)46-43-40-37-34-21-18-15-12-9-6-3/h8,11,14,17,20,23,25-29,31,50-52,56-57H,4-7,9-10,12-13,15-16,18-19,21-22,24,30,32-49H2,1-3H3,(H,55,58)/b11-8+,17-14+,23-20+,27-25-,28-26+,31-29+. The molecule has 6 heteroatoms. The van der Waals surface area contributed by atoms with Crippen LogP contribution in [0.4, 0.5) is 0 Å². The Morgan fingerprint density at radius 3 is 1.40 bits per heavy atom. The fourth-order valence-corrected chi connectivity index (χ4v) is 7.31. The van der Waals surface area contributed by atoms with Crippen molar-refractivity contribution in [2.24, 2.45) is 0 Å². The van der Waals surface area contributed by atoms with Gasteiger partial charge in [-0.05, 0) is 70.6 Å². The average molecular weight is 838 g/mol. The number of esters is 1. The molecule has 0 saturated heterocycles. The molecule has 0 radical (unpaired) electrons. The van der Waals surface area contributed by atoms with Gasteiger partial charge in [-0.3, -0.25) is 9.59 Å². The monoisotopic (exact) mass is 838 g/mol. The number of aliphatic hydroxyl groups is 2. The van der Waals surface area contributed by atoms with Crippen LogP contribution in [0.5, 0.6) is 0 Å². The number of carbonyl (C=O) groups excluding carboxylic acids is 2. The van der Waals surface area contributed by atoms with Crippen molar-refractivity contribution in [3.05, 3.63) is 72.9 Å². The molecule has 0 aliphatic heterocycles. The Labute approximate surface area is 371 Å². The van der Waals surface area contributed by atoms with Crippen LogP contribution in [0.1, 0.15) is 233 Å². The van der Waals surface area contributed by atoms with E-state index in [1.807, 2.05) is 18.2 Å². The summed E-state index contributed by atoms with van der Waals surface area (Å²) in [4.78, 5) is 26.1. The minimum atomic E-state index is -0.800. The Balaban J connectivity index is 4.70. The number of carbonyl (C=O) groups is 2. The van der Waals surface area contributed by atoms with Crippen LogP contribution in [-0.2, 0) is 14.3 Å². The molecule has 0 spiro atoms. The molecule has 60 heavy (non-hydrogen) atoms. The Kier molecular flexibility index (Phi) is 45.2. The van der Waals surface area contributed by atoms with Gasteiger partial charge in [-0.25, -0.2) is 0 Å². The Morgan fingerprint density at radius 1 is 0.500 bits per heavy atom. The molecule has 0 aliphatic rings. The molecular formula is C54H95NO5. The van der Waals surface area contributed by atoms with Crippen molar-refractivity contribution in [3.63, 3.8) is 0 Å². The van der Waals surface area contributed by atoms with Crippen LogP contribution < -0.4 is 5.32 Å². The fourth-order valence-electron chi connectivity index (χ4n) is 7.31. The molecular weight excluding hydrogens is 743 g/mol. The van der Waals surface area contributed by atoms with Crippen LogP contribution in [0.25, 0.3) is 0 Å². The number of ether oxygens (including phenoxy) is 1. The van der Waals surface area contributed by atoms with Gasteiger partial charge in [0.1, 0.15) is 6.10 Å². The third-order valence-corrected chi connectivity index (χ3v) is 11.1. The first-order valence-electron chi connectivity index (χ1n) is 25.2. The first kappa shape index (κ1) is 57.3. The zero-order chi connectivity index (χ0) is 43.8. The highest BCUT2D eigenvalue weighted by atomic mass is 16.5. The van der Waals surface area contributed by atoms with Crippen molar-refractivity contribution in [2.75, 3.05) is 6.61 Å². The van der Waals surface area contributed by atoms with Crippen LogP contribution in [0.2, 0.25) is 0 Å². The second kappa shape index (κ2) is 47.4. The van der Waals surface area contributed by atoms with E-state index in [4.69, 9.17) is 4.74 Å². The van der Waals surface area contributed by atoms with Gasteiger partial charge >= 0.3 is 5.97 Å². The van der Waals surface area contributed by atoms with Crippen LogP contribution in [0.3, 0.4) is 0 Å². The number of unbranched alkanes of at least 4 members (excludes halogenated alkanes) is 24. The molecule has 0 bridgehead atoms. The summed E-state index contributed by atoms with van der Waals surface area (Å²) in [5.41, 5.74) is 0. The summed E-state index contributed by atoms with van der Waals surface area (Å²) in [6, 6.07) is -0.717. The summed E-state index contributed by atoms with van der Waals surface area (Å²) >= 11 is 0. The smallest absolute Gasteiger partial charge is 0.306 e.